The van der Waals surface area contributed by atoms with Crippen molar-refractivity contribution in [2.24, 2.45) is 0 Å². The molecular formula is C20H21ClN2O3. The van der Waals surface area contributed by atoms with Gasteiger partial charge in [-0.3, -0.25) is 9.59 Å². The van der Waals surface area contributed by atoms with Crippen LogP contribution in [-0.2, 0) is 4.79 Å². The summed E-state index contributed by atoms with van der Waals surface area (Å²) in [7, 11) is 0. The predicted octanol–water partition coefficient (Wildman–Crippen LogP) is 3.74. The third-order valence-corrected chi connectivity index (χ3v) is 5.77. The van der Waals surface area contributed by atoms with E-state index in [0.29, 0.717) is 28.7 Å². The zero-order chi connectivity index (χ0) is 18.4. The van der Waals surface area contributed by atoms with Gasteiger partial charge in [0.15, 0.2) is 0 Å². The van der Waals surface area contributed by atoms with E-state index in [9.17, 15) is 9.59 Å². The topological polar surface area (TPSA) is 53.8 Å². The number of aryl methyl sites for hydroxylation is 1. The van der Waals surface area contributed by atoms with Gasteiger partial charge in [0.2, 0.25) is 5.91 Å². The Hall–Kier alpha value is -2.27. The third-order valence-electron chi connectivity index (χ3n) is 5.44. The second-order valence-corrected chi connectivity index (χ2v) is 7.43. The number of hydrogen-bond acceptors (Lipinski definition) is 3. The molecule has 6 heteroatoms. The van der Waals surface area contributed by atoms with Crippen molar-refractivity contribution in [3.8, 4) is 11.3 Å². The van der Waals surface area contributed by atoms with Crippen LogP contribution in [0.4, 0.5) is 0 Å². The van der Waals surface area contributed by atoms with Crippen molar-refractivity contribution < 1.29 is 14.0 Å². The summed E-state index contributed by atoms with van der Waals surface area (Å²) in [5.41, 5.74) is 1.24. The number of fused-ring (bicyclic) bond motifs is 1. The van der Waals surface area contributed by atoms with Gasteiger partial charge in [-0.1, -0.05) is 23.7 Å². The number of halogens is 1. The molecule has 3 heterocycles. The molecule has 5 nitrogen and oxygen atoms in total. The van der Waals surface area contributed by atoms with E-state index < -0.39 is 6.04 Å². The minimum atomic E-state index is -0.449. The Morgan fingerprint density at radius 2 is 2.08 bits per heavy atom. The van der Waals surface area contributed by atoms with Crippen molar-refractivity contribution in [2.45, 2.75) is 38.8 Å². The highest BCUT2D eigenvalue weighted by Crippen LogP contribution is 2.33. The number of nitrogens with zero attached hydrogens (tertiary/aromatic N) is 2. The van der Waals surface area contributed by atoms with Crippen LogP contribution in [0.15, 0.2) is 34.7 Å². The zero-order valence-electron chi connectivity index (χ0n) is 14.9. The molecule has 0 N–H and O–H groups in total. The molecule has 0 radical (unpaired) electrons. The Morgan fingerprint density at radius 1 is 1.31 bits per heavy atom. The normalized spacial score (nSPS) is 22.7. The Morgan fingerprint density at radius 3 is 2.85 bits per heavy atom. The van der Waals surface area contributed by atoms with Crippen molar-refractivity contribution in [3.63, 3.8) is 0 Å². The molecule has 2 aromatic rings. The van der Waals surface area contributed by atoms with Gasteiger partial charge in [0.1, 0.15) is 17.6 Å². The molecular weight excluding hydrogens is 352 g/mol. The summed E-state index contributed by atoms with van der Waals surface area (Å²) in [4.78, 5) is 29.4. The fourth-order valence-corrected chi connectivity index (χ4v) is 4.20. The first-order valence-electron chi connectivity index (χ1n) is 8.94. The monoisotopic (exact) mass is 372 g/mol. The number of carbonyl (C=O) groups is 2. The number of rotatable bonds is 2. The smallest absolute Gasteiger partial charge is 0.258 e. The summed E-state index contributed by atoms with van der Waals surface area (Å²) in [5, 5.41) is 0.573. The van der Waals surface area contributed by atoms with Gasteiger partial charge in [0, 0.05) is 24.7 Å². The molecule has 1 aromatic carbocycles. The summed E-state index contributed by atoms with van der Waals surface area (Å²) in [6, 6.07) is 8.79. The van der Waals surface area contributed by atoms with Gasteiger partial charge in [-0.05, 0) is 44.9 Å². The highest BCUT2D eigenvalue weighted by atomic mass is 35.5. The van der Waals surface area contributed by atoms with E-state index in [1.165, 1.54) is 0 Å². The highest BCUT2D eigenvalue weighted by Gasteiger charge is 2.42. The highest BCUT2D eigenvalue weighted by molar-refractivity contribution is 6.33. The molecule has 0 saturated carbocycles. The molecule has 2 amide bonds. The molecule has 0 aliphatic carbocycles. The van der Waals surface area contributed by atoms with Crippen LogP contribution >= 0.6 is 11.6 Å². The first-order valence-corrected chi connectivity index (χ1v) is 9.32. The largest absolute Gasteiger partial charge is 0.460 e. The lowest BCUT2D eigenvalue weighted by atomic mass is 10.0. The minimum absolute atomic E-state index is 0.0413. The van der Waals surface area contributed by atoms with E-state index in [-0.39, 0.29) is 17.9 Å². The molecule has 136 valence electrons. The van der Waals surface area contributed by atoms with Crippen molar-refractivity contribution in [2.75, 3.05) is 13.1 Å². The SMILES string of the molecule is Cc1oc(-c2ccccc2Cl)cc1C(=O)N1C[C@H]2CCCN2C(=O)[C@@H]1C. The van der Waals surface area contributed by atoms with Gasteiger partial charge in [0.05, 0.1) is 10.6 Å². The molecule has 0 spiro atoms. The fourth-order valence-electron chi connectivity index (χ4n) is 3.98. The molecule has 4 rings (SSSR count). The van der Waals surface area contributed by atoms with Gasteiger partial charge in [-0.25, -0.2) is 0 Å². The van der Waals surface area contributed by atoms with Gasteiger partial charge < -0.3 is 14.2 Å². The Balaban J connectivity index is 1.64. The molecule has 0 unspecified atom stereocenters. The van der Waals surface area contributed by atoms with Crippen LogP contribution < -0.4 is 0 Å². The van der Waals surface area contributed by atoms with Crippen LogP contribution in [0.5, 0.6) is 0 Å². The maximum atomic E-state index is 13.2. The van der Waals surface area contributed by atoms with Crippen molar-refractivity contribution in [1.29, 1.82) is 0 Å². The minimum Gasteiger partial charge on any atom is -0.460 e. The lowest BCUT2D eigenvalue weighted by molar-refractivity contribution is -0.141. The molecule has 2 atom stereocenters. The summed E-state index contributed by atoms with van der Waals surface area (Å²) in [5.74, 6) is 0.991. The second-order valence-electron chi connectivity index (χ2n) is 7.02. The van der Waals surface area contributed by atoms with Gasteiger partial charge >= 0.3 is 0 Å². The summed E-state index contributed by atoms with van der Waals surface area (Å²) in [6.45, 7) is 4.96. The Kier molecular flexibility index (Phi) is 4.27. The number of carbonyl (C=O) groups excluding carboxylic acids is 2. The van der Waals surface area contributed by atoms with Crippen LogP contribution in [-0.4, -0.2) is 46.8 Å². The van der Waals surface area contributed by atoms with Crippen LogP contribution in [0.2, 0.25) is 5.02 Å². The molecule has 2 fully saturated rings. The number of amides is 2. The molecule has 2 aliphatic rings. The van der Waals surface area contributed by atoms with Crippen molar-refractivity contribution >= 4 is 23.4 Å². The van der Waals surface area contributed by atoms with E-state index in [4.69, 9.17) is 16.0 Å². The number of benzene rings is 1. The maximum Gasteiger partial charge on any atom is 0.258 e. The molecule has 1 aromatic heterocycles. The van der Waals surface area contributed by atoms with Crippen molar-refractivity contribution in [1.82, 2.24) is 9.80 Å². The maximum absolute atomic E-state index is 13.2. The third kappa shape index (κ3) is 2.71. The van der Waals surface area contributed by atoms with Gasteiger partial charge in [-0.15, -0.1) is 0 Å². The van der Waals surface area contributed by atoms with Crippen molar-refractivity contribution in [3.05, 3.63) is 46.7 Å². The summed E-state index contributed by atoms with van der Waals surface area (Å²) >= 11 is 6.25. The molecule has 0 bridgehead atoms. The average molecular weight is 373 g/mol. The van der Waals surface area contributed by atoms with Crippen LogP contribution in [0, 0.1) is 6.92 Å². The molecule has 2 aliphatic heterocycles. The fraction of sp³-hybridized carbons (Fsp3) is 0.400. The van der Waals surface area contributed by atoms with E-state index >= 15 is 0 Å². The van der Waals surface area contributed by atoms with E-state index in [1.807, 2.05) is 23.1 Å². The zero-order valence-corrected chi connectivity index (χ0v) is 15.6. The first kappa shape index (κ1) is 17.2. The van der Waals surface area contributed by atoms with E-state index in [2.05, 4.69) is 0 Å². The number of piperazine rings is 1. The summed E-state index contributed by atoms with van der Waals surface area (Å²) in [6.07, 6.45) is 1.96. The molecule has 2 saturated heterocycles. The molecule has 26 heavy (non-hydrogen) atoms. The lowest BCUT2D eigenvalue weighted by Gasteiger charge is -2.41. The van der Waals surface area contributed by atoms with Crippen LogP contribution in [0.3, 0.4) is 0 Å². The summed E-state index contributed by atoms with van der Waals surface area (Å²) < 4.78 is 5.81. The van der Waals surface area contributed by atoms with Crippen LogP contribution in [0.25, 0.3) is 11.3 Å². The van der Waals surface area contributed by atoms with E-state index in [0.717, 1.165) is 24.9 Å². The Labute approximate surface area is 157 Å². The lowest BCUT2D eigenvalue weighted by Crippen LogP contribution is -2.60. The van der Waals surface area contributed by atoms with Gasteiger partial charge in [0.25, 0.3) is 5.91 Å². The van der Waals surface area contributed by atoms with Crippen LogP contribution in [0.1, 0.15) is 35.9 Å². The average Bonchev–Trinajstić information content (AvgIpc) is 3.24. The quantitative estimate of drug-likeness (QED) is 0.806. The predicted molar refractivity (Wildman–Crippen MR) is 99.1 cm³/mol. The second kappa shape index (κ2) is 6.47. The number of furan rings is 1. The van der Waals surface area contributed by atoms with E-state index in [1.54, 1.807) is 30.9 Å². The number of hydrogen-bond donors (Lipinski definition) is 0. The van der Waals surface area contributed by atoms with Gasteiger partial charge in [-0.2, -0.15) is 0 Å². The standard InChI is InChI=1S/C20H21ClN2O3/c1-12-19(24)22-9-5-6-14(22)11-23(12)20(25)16-10-18(26-13(16)2)15-7-3-4-8-17(15)21/h3-4,7-8,10,12,14H,5-6,9,11H2,1-2H3/t12-,14+/m0/s1. The Bertz CT molecular complexity index is 876. The first-order chi connectivity index (χ1) is 12.5.